The molecule has 0 saturated carbocycles. The first-order chi connectivity index (χ1) is 10.5. The minimum Gasteiger partial charge on any atom is -0.497 e. The zero-order valence-corrected chi connectivity index (χ0v) is 12.1. The van der Waals surface area contributed by atoms with Gasteiger partial charge in [-0.25, -0.2) is 4.79 Å². The van der Waals surface area contributed by atoms with Crippen LogP contribution in [0.15, 0.2) is 42.5 Å². The maximum atomic E-state index is 11.3. The van der Waals surface area contributed by atoms with Gasteiger partial charge in [-0.3, -0.25) is 4.79 Å². The quantitative estimate of drug-likeness (QED) is 0.886. The first-order valence-electron chi connectivity index (χ1n) is 6.46. The topological polar surface area (TPSA) is 84.9 Å². The number of rotatable bonds is 5. The number of ether oxygens (including phenoxy) is 2. The average Bonchev–Trinajstić information content (AvgIpc) is 2.48. The zero-order valence-electron chi connectivity index (χ0n) is 12.1. The molecule has 0 bridgehead atoms. The van der Waals surface area contributed by atoms with Crippen molar-refractivity contribution in [2.75, 3.05) is 12.4 Å². The fourth-order valence-corrected chi connectivity index (χ4v) is 1.83. The molecule has 114 valence electrons. The van der Waals surface area contributed by atoms with E-state index in [1.165, 1.54) is 25.1 Å². The van der Waals surface area contributed by atoms with Crippen LogP contribution in [-0.4, -0.2) is 24.1 Å². The van der Waals surface area contributed by atoms with E-state index in [1.807, 2.05) is 0 Å². The van der Waals surface area contributed by atoms with Crippen molar-refractivity contribution in [2.45, 2.75) is 6.92 Å². The number of carbonyl (C=O) groups excluding carboxylic acids is 1. The lowest BCUT2D eigenvalue weighted by Crippen LogP contribution is -2.08. The monoisotopic (exact) mass is 301 g/mol. The Balaban J connectivity index is 2.36. The molecule has 2 aromatic carbocycles. The Kier molecular flexibility index (Phi) is 4.63. The van der Waals surface area contributed by atoms with E-state index >= 15 is 0 Å². The molecular weight excluding hydrogens is 286 g/mol. The number of carboxylic acid groups (broad SMARTS) is 1. The molecule has 0 saturated heterocycles. The molecule has 0 spiro atoms. The molecule has 22 heavy (non-hydrogen) atoms. The molecular formula is C16H15NO5. The van der Waals surface area contributed by atoms with Crippen LogP contribution in [-0.2, 0) is 4.79 Å². The van der Waals surface area contributed by atoms with Crippen LogP contribution in [0.3, 0.4) is 0 Å². The van der Waals surface area contributed by atoms with Gasteiger partial charge in [0.05, 0.1) is 18.4 Å². The number of hydrogen-bond acceptors (Lipinski definition) is 4. The van der Waals surface area contributed by atoms with Crippen molar-refractivity contribution in [3.63, 3.8) is 0 Å². The molecule has 0 aliphatic heterocycles. The lowest BCUT2D eigenvalue weighted by atomic mass is 10.2. The summed E-state index contributed by atoms with van der Waals surface area (Å²) < 4.78 is 10.8. The first kappa shape index (κ1) is 15.4. The first-order valence-corrected chi connectivity index (χ1v) is 6.46. The lowest BCUT2D eigenvalue weighted by molar-refractivity contribution is -0.114. The summed E-state index contributed by atoms with van der Waals surface area (Å²) in [6, 6.07) is 11.2. The third-order valence-electron chi connectivity index (χ3n) is 2.81. The number of nitrogens with one attached hydrogen (secondary N) is 1. The zero-order chi connectivity index (χ0) is 16.1. The van der Waals surface area contributed by atoms with E-state index in [0.29, 0.717) is 17.2 Å². The second-order valence-electron chi connectivity index (χ2n) is 4.48. The van der Waals surface area contributed by atoms with Crippen molar-refractivity contribution < 1.29 is 24.2 Å². The number of anilines is 1. The predicted octanol–water partition coefficient (Wildman–Crippen LogP) is 3.14. The Bertz CT molecular complexity index is 711. The van der Waals surface area contributed by atoms with Gasteiger partial charge in [-0.2, -0.15) is 0 Å². The highest BCUT2D eigenvalue weighted by molar-refractivity contribution is 5.94. The highest BCUT2D eigenvalue weighted by Crippen LogP contribution is 2.32. The Labute approximate surface area is 127 Å². The van der Waals surface area contributed by atoms with Crippen LogP contribution in [0.25, 0.3) is 0 Å². The van der Waals surface area contributed by atoms with Gasteiger partial charge in [-0.1, -0.05) is 6.07 Å². The van der Waals surface area contributed by atoms with Crippen LogP contribution < -0.4 is 14.8 Å². The number of benzene rings is 2. The molecule has 1 amide bonds. The average molecular weight is 301 g/mol. The second kappa shape index (κ2) is 6.62. The van der Waals surface area contributed by atoms with Crippen molar-refractivity contribution in [1.29, 1.82) is 0 Å². The Morgan fingerprint density at radius 1 is 1.09 bits per heavy atom. The summed E-state index contributed by atoms with van der Waals surface area (Å²) >= 11 is 0. The molecule has 2 N–H and O–H groups in total. The van der Waals surface area contributed by atoms with Crippen molar-refractivity contribution >= 4 is 17.6 Å². The van der Waals surface area contributed by atoms with Crippen molar-refractivity contribution in [1.82, 2.24) is 0 Å². The number of aromatic carboxylic acids is 1. The van der Waals surface area contributed by atoms with Gasteiger partial charge in [0.25, 0.3) is 0 Å². The van der Waals surface area contributed by atoms with Gasteiger partial charge in [0.1, 0.15) is 11.5 Å². The van der Waals surface area contributed by atoms with E-state index in [4.69, 9.17) is 14.6 Å². The second-order valence-corrected chi connectivity index (χ2v) is 4.48. The van der Waals surface area contributed by atoms with Gasteiger partial charge >= 0.3 is 5.97 Å². The number of amides is 1. The number of carboxylic acids is 1. The Morgan fingerprint density at radius 3 is 2.45 bits per heavy atom. The SMILES string of the molecule is COc1cccc(Oc2ccc(C(=O)O)cc2NC(C)=O)c1. The maximum absolute atomic E-state index is 11.3. The highest BCUT2D eigenvalue weighted by Gasteiger charge is 2.11. The molecule has 0 heterocycles. The Morgan fingerprint density at radius 2 is 1.82 bits per heavy atom. The molecule has 6 heteroatoms. The molecule has 2 rings (SSSR count). The van der Waals surface area contributed by atoms with Crippen molar-refractivity contribution in [3.8, 4) is 17.2 Å². The Hall–Kier alpha value is -3.02. The van der Waals surface area contributed by atoms with Gasteiger partial charge in [0.15, 0.2) is 5.75 Å². The molecule has 0 unspecified atom stereocenters. The van der Waals surface area contributed by atoms with Crippen LogP contribution in [0.2, 0.25) is 0 Å². The van der Waals surface area contributed by atoms with Gasteiger partial charge in [0.2, 0.25) is 5.91 Å². The summed E-state index contributed by atoms with van der Waals surface area (Å²) in [6.07, 6.45) is 0. The molecule has 0 aliphatic carbocycles. The van der Waals surface area contributed by atoms with Crippen molar-refractivity contribution in [2.24, 2.45) is 0 Å². The van der Waals surface area contributed by atoms with Crippen LogP contribution in [0.5, 0.6) is 17.2 Å². The van der Waals surface area contributed by atoms with Gasteiger partial charge in [0, 0.05) is 13.0 Å². The molecule has 0 radical (unpaired) electrons. The van der Waals surface area contributed by atoms with E-state index in [0.717, 1.165) is 0 Å². The van der Waals surface area contributed by atoms with E-state index in [1.54, 1.807) is 31.4 Å². The maximum Gasteiger partial charge on any atom is 0.335 e. The fourth-order valence-electron chi connectivity index (χ4n) is 1.83. The van der Waals surface area contributed by atoms with E-state index in [-0.39, 0.29) is 17.2 Å². The summed E-state index contributed by atoms with van der Waals surface area (Å²) in [5.74, 6) is 0.0702. The van der Waals surface area contributed by atoms with E-state index in [2.05, 4.69) is 5.32 Å². The van der Waals surface area contributed by atoms with Gasteiger partial charge < -0.3 is 19.9 Å². The van der Waals surface area contributed by atoms with Crippen LogP contribution >= 0.6 is 0 Å². The number of hydrogen-bond donors (Lipinski definition) is 2. The molecule has 2 aromatic rings. The minimum absolute atomic E-state index is 0.0572. The summed E-state index contributed by atoms with van der Waals surface area (Å²) in [7, 11) is 1.55. The number of methoxy groups -OCH3 is 1. The van der Waals surface area contributed by atoms with E-state index in [9.17, 15) is 9.59 Å². The lowest BCUT2D eigenvalue weighted by Gasteiger charge is -2.13. The van der Waals surface area contributed by atoms with Crippen molar-refractivity contribution in [3.05, 3.63) is 48.0 Å². The predicted molar refractivity (Wildman–Crippen MR) is 80.8 cm³/mol. The minimum atomic E-state index is -1.08. The van der Waals surface area contributed by atoms with E-state index < -0.39 is 5.97 Å². The standard InChI is InChI=1S/C16H15NO5/c1-10(18)17-14-8-11(16(19)20)6-7-15(14)22-13-5-3-4-12(9-13)21-2/h3-9H,1-2H3,(H,17,18)(H,19,20). The molecule has 0 atom stereocenters. The largest absolute Gasteiger partial charge is 0.497 e. The van der Waals surface area contributed by atoms with Crippen LogP contribution in [0.1, 0.15) is 17.3 Å². The molecule has 0 fully saturated rings. The van der Waals surface area contributed by atoms with Gasteiger partial charge in [-0.15, -0.1) is 0 Å². The highest BCUT2D eigenvalue weighted by atomic mass is 16.5. The molecule has 6 nitrogen and oxygen atoms in total. The summed E-state index contributed by atoms with van der Waals surface area (Å²) in [4.78, 5) is 22.3. The third-order valence-corrected chi connectivity index (χ3v) is 2.81. The molecule has 0 aliphatic rings. The third kappa shape index (κ3) is 3.76. The smallest absolute Gasteiger partial charge is 0.335 e. The van der Waals surface area contributed by atoms with Crippen LogP contribution in [0.4, 0.5) is 5.69 Å². The normalized spacial score (nSPS) is 9.91. The van der Waals surface area contributed by atoms with Gasteiger partial charge in [-0.05, 0) is 30.3 Å². The fraction of sp³-hybridized carbons (Fsp3) is 0.125. The summed E-state index contributed by atoms with van der Waals surface area (Å²) in [6.45, 7) is 1.34. The summed E-state index contributed by atoms with van der Waals surface area (Å²) in [5.41, 5.74) is 0.344. The van der Waals surface area contributed by atoms with Crippen LogP contribution in [0, 0.1) is 0 Å². The molecule has 0 aromatic heterocycles. The number of carbonyl (C=O) groups is 2. The summed E-state index contributed by atoms with van der Waals surface area (Å²) in [5, 5.41) is 11.6.